The molecule has 0 aromatic carbocycles. The summed E-state index contributed by atoms with van der Waals surface area (Å²) < 4.78 is 0. The molecule has 1 atom stereocenters. The Bertz CT molecular complexity index is 787. The fraction of sp³-hybridized carbons (Fsp3) is 0.636. The summed E-state index contributed by atoms with van der Waals surface area (Å²) in [5, 5.41) is 6.82. The first-order valence-corrected chi connectivity index (χ1v) is 17.7. The van der Waals surface area contributed by atoms with Crippen LogP contribution in [0.1, 0.15) is 90.4 Å². The fourth-order valence-corrected chi connectivity index (χ4v) is 7.06. The van der Waals surface area contributed by atoms with E-state index in [0.717, 1.165) is 76.1 Å². The molecule has 0 aromatic rings. The lowest BCUT2D eigenvalue weighted by Crippen LogP contribution is -2.37. The van der Waals surface area contributed by atoms with Crippen LogP contribution in [0, 0.1) is 0 Å². The molecule has 0 bridgehead atoms. The number of unbranched alkanes of at least 4 members (excludes halogenated alkanes) is 2. The number of hydrogen-bond donors (Lipinski definition) is 2. The van der Waals surface area contributed by atoms with Crippen LogP contribution in [0.5, 0.6) is 0 Å². The van der Waals surface area contributed by atoms with Crippen molar-refractivity contribution in [3.63, 3.8) is 0 Å². The molecule has 226 valence electrons. The van der Waals surface area contributed by atoms with Crippen LogP contribution in [0.3, 0.4) is 0 Å². The molecular formula is C33H55N3O2S2. The van der Waals surface area contributed by atoms with Gasteiger partial charge in [0.05, 0.1) is 0 Å². The molecule has 5 nitrogen and oxygen atoms in total. The van der Waals surface area contributed by atoms with E-state index in [0.29, 0.717) is 25.9 Å². The first kappa shape index (κ1) is 36.3. The average molecular weight is 590 g/mol. The van der Waals surface area contributed by atoms with Gasteiger partial charge in [0.2, 0.25) is 11.8 Å². The van der Waals surface area contributed by atoms with Crippen LogP contribution >= 0.6 is 21.6 Å². The van der Waals surface area contributed by atoms with E-state index in [1.165, 1.54) is 18.6 Å². The molecule has 0 radical (unpaired) electrons. The largest absolute Gasteiger partial charge is 0.355 e. The Balaban J connectivity index is 1.90. The van der Waals surface area contributed by atoms with Crippen molar-refractivity contribution in [3.05, 3.63) is 60.8 Å². The number of allylic oxidation sites excluding steroid dienone is 10. The van der Waals surface area contributed by atoms with Gasteiger partial charge in [0.1, 0.15) is 0 Å². The Labute approximate surface area is 253 Å². The van der Waals surface area contributed by atoms with E-state index >= 15 is 0 Å². The Hall–Kier alpha value is -1.70. The van der Waals surface area contributed by atoms with Gasteiger partial charge in [-0.1, -0.05) is 95.7 Å². The summed E-state index contributed by atoms with van der Waals surface area (Å²) in [4.78, 5) is 26.2. The topological polar surface area (TPSA) is 61.4 Å². The lowest BCUT2D eigenvalue weighted by molar-refractivity contribution is -0.121. The van der Waals surface area contributed by atoms with Gasteiger partial charge in [-0.3, -0.25) is 9.59 Å². The number of amides is 2. The third-order valence-corrected chi connectivity index (χ3v) is 9.48. The van der Waals surface area contributed by atoms with Crippen molar-refractivity contribution in [1.82, 2.24) is 15.5 Å². The van der Waals surface area contributed by atoms with Gasteiger partial charge < -0.3 is 15.5 Å². The predicted molar refractivity (Wildman–Crippen MR) is 179 cm³/mol. The number of nitrogens with zero attached hydrogens (tertiary/aromatic N) is 1. The van der Waals surface area contributed by atoms with Crippen molar-refractivity contribution in [2.24, 2.45) is 0 Å². The molecule has 40 heavy (non-hydrogen) atoms. The van der Waals surface area contributed by atoms with E-state index in [1.807, 2.05) is 28.6 Å². The second-order valence-electron chi connectivity index (χ2n) is 10.2. The number of likely N-dealkylation sites (N-methyl/N-ethyl adjacent to an activating group) is 1. The number of nitrogens with one attached hydrogen (secondary N) is 2. The zero-order chi connectivity index (χ0) is 28.9. The number of carbonyl (C=O) groups excluding carboxylic acids is 2. The summed E-state index contributed by atoms with van der Waals surface area (Å²) in [7, 11) is 6.02. The second-order valence-corrected chi connectivity index (χ2v) is 13.0. The van der Waals surface area contributed by atoms with Gasteiger partial charge in [-0.25, -0.2) is 0 Å². The third-order valence-electron chi connectivity index (χ3n) is 6.47. The van der Waals surface area contributed by atoms with E-state index in [1.54, 1.807) is 0 Å². The molecule has 0 spiro atoms. The van der Waals surface area contributed by atoms with Crippen LogP contribution in [0.25, 0.3) is 0 Å². The summed E-state index contributed by atoms with van der Waals surface area (Å²) >= 11 is 0. The normalized spacial score (nSPS) is 16.1. The van der Waals surface area contributed by atoms with Gasteiger partial charge in [-0.2, -0.15) is 0 Å². The van der Waals surface area contributed by atoms with E-state index in [4.69, 9.17) is 0 Å². The highest BCUT2D eigenvalue weighted by molar-refractivity contribution is 8.77. The predicted octanol–water partition coefficient (Wildman–Crippen LogP) is 7.79. The maximum atomic E-state index is 12.1. The molecular weight excluding hydrogens is 535 g/mol. The molecule has 1 aliphatic heterocycles. The zero-order valence-electron chi connectivity index (χ0n) is 25.2. The Morgan fingerprint density at radius 3 is 1.80 bits per heavy atom. The van der Waals surface area contributed by atoms with Gasteiger partial charge in [0.15, 0.2) is 0 Å². The minimum Gasteiger partial charge on any atom is -0.355 e. The standard InChI is InChI=1S/C33H55N3O2S2/c1-3-4-5-6-7-8-9-10-11-12-13-14-15-16-17-18-19-23-32(37)34-26-28-36(2)29-27-35-33(38)24-21-20-22-31-25-30-39-40-31/h4-5,7-8,10-11,13-14,16-17,31H,3,6,9,12,15,18-30H2,1-2H3,(H,34,37)(H,35,38)/b5-4-,8-7-,11-10-,14-13-,17-16-/t31-/m1/s1. The highest BCUT2D eigenvalue weighted by Gasteiger charge is 2.15. The van der Waals surface area contributed by atoms with Crippen molar-refractivity contribution >= 4 is 33.4 Å². The Morgan fingerprint density at radius 1 is 0.750 bits per heavy atom. The van der Waals surface area contributed by atoms with Crippen LogP contribution in [0.15, 0.2) is 60.8 Å². The second kappa shape index (κ2) is 27.5. The maximum absolute atomic E-state index is 12.1. The minimum absolute atomic E-state index is 0.114. The monoisotopic (exact) mass is 589 g/mol. The van der Waals surface area contributed by atoms with Crippen molar-refractivity contribution in [1.29, 1.82) is 0 Å². The minimum atomic E-state index is 0.114. The van der Waals surface area contributed by atoms with E-state index in [-0.39, 0.29) is 11.8 Å². The molecule has 7 heteroatoms. The van der Waals surface area contributed by atoms with Crippen molar-refractivity contribution < 1.29 is 9.59 Å². The van der Waals surface area contributed by atoms with Gasteiger partial charge in [0, 0.05) is 50.0 Å². The SMILES string of the molecule is CC/C=C\C/C=C\C/C=C\C/C=C\C/C=C\CCCC(=O)NCCN(C)CCNC(=O)CCCC[C@@H]1CCSS1. The van der Waals surface area contributed by atoms with Crippen LogP contribution < -0.4 is 10.6 Å². The molecule has 1 rings (SSSR count). The first-order chi connectivity index (χ1) is 19.6. The quantitative estimate of drug-likeness (QED) is 0.0684. The molecule has 1 fully saturated rings. The average Bonchev–Trinajstić information content (AvgIpc) is 3.46. The smallest absolute Gasteiger partial charge is 0.220 e. The van der Waals surface area contributed by atoms with E-state index < -0.39 is 0 Å². The molecule has 0 aromatic heterocycles. The van der Waals surface area contributed by atoms with E-state index in [2.05, 4.69) is 83.2 Å². The number of rotatable bonds is 24. The zero-order valence-corrected chi connectivity index (χ0v) is 26.8. The highest BCUT2D eigenvalue weighted by atomic mass is 33.1. The Morgan fingerprint density at radius 2 is 1.27 bits per heavy atom. The maximum Gasteiger partial charge on any atom is 0.220 e. The number of hydrogen-bond acceptors (Lipinski definition) is 5. The summed E-state index contributed by atoms with van der Waals surface area (Å²) in [5.41, 5.74) is 0. The Kier molecular flexibility index (Phi) is 24.9. The molecule has 2 amide bonds. The van der Waals surface area contributed by atoms with E-state index in [9.17, 15) is 9.59 Å². The molecule has 0 unspecified atom stereocenters. The summed E-state index contributed by atoms with van der Waals surface area (Å²) in [6.45, 7) is 5.03. The van der Waals surface area contributed by atoms with Crippen LogP contribution in [0.2, 0.25) is 0 Å². The lowest BCUT2D eigenvalue weighted by atomic mass is 10.1. The lowest BCUT2D eigenvalue weighted by Gasteiger charge is -2.17. The fourth-order valence-electron chi connectivity index (χ4n) is 4.03. The van der Waals surface area contributed by atoms with Crippen molar-refractivity contribution in [2.75, 3.05) is 39.0 Å². The molecule has 1 saturated heterocycles. The van der Waals surface area contributed by atoms with Crippen molar-refractivity contribution in [2.45, 2.75) is 95.6 Å². The summed E-state index contributed by atoms with van der Waals surface area (Å²) in [6.07, 6.45) is 34.7. The molecule has 1 heterocycles. The van der Waals surface area contributed by atoms with Gasteiger partial charge >= 0.3 is 0 Å². The van der Waals surface area contributed by atoms with Gasteiger partial charge in [-0.05, 0) is 71.3 Å². The molecule has 1 aliphatic rings. The molecule has 2 N–H and O–H groups in total. The van der Waals surface area contributed by atoms with Gasteiger partial charge in [-0.15, -0.1) is 0 Å². The molecule has 0 aliphatic carbocycles. The molecule has 0 saturated carbocycles. The van der Waals surface area contributed by atoms with Crippen molar-refractivity contribution in [3.8, 4) is 0 Å². The van der Waals surface area contributed by atoms with Crippen LogP contribution in [0.4, 0.5) is 0 Å². The van der Waals surface area contributed by atoms with Gasteiger partial charge in [0.25, 0.3) is 0 Å². The highest BCUT2D eigenvalue weighted by Crippen LogP contribution is 2.39. The number of carbonyl (C=O) groups is 2. The first-order valence-electron chi connectivity index (χ1n) is 15.4. The third kappa shape index (κ3) is 24.1. The van der Waals surface area contributed by atoms with Crippen LogP contribution in [-0.4, -0.2) is 60.9 Å². The summed E-state index contributed by atoms with van der Waals surface area (Å²) in [5.74, 6) is 1.55. The summed E-state index contributed by atoms with van der Waals surface area (Å²) in [6, 6.07) is 0. The van der Waals surface area contributed by atoms with Crippen LogP contribution in [-0.2, 0) is 9.59 Å².